The zero-order chi connectivity index (χ0) is 18.3. The maximum atomic E-state index is 12.8. The van der Waals surface area contributed by atoms with E-state index < -0.39 is 10.0 Å². The molecule has 1 N–H and O–H groups in total. The van der Waals surface area contributed by atoms with Gasteiger partial charge in [0.15, 0.2) is 0 Å². The molecule has 3 aromatic rings. The largest absolute Gasteiger partial charge is 0.379 e. The first-order valence-electron chi connectivity index (χ1n) is 8.11. The first-order chi connectivity index (χ1) is 12.4. The fraction of sp³-hybridized carbons (Fsp3) is 0.222. The number of rotatable bonds is 3. The molecule has 1 saturated heterocycles. The second-order valence-corrected chi connectivity index (χ2v) is 8.83. The summed E-state index contributed by atoms with van der Waals surface area (Å²) in [6, 6.07) is 12.4. The number of fused-ring (bicyclic) bond motifs is 1. The SMILES string of the molecule is O=S(=O)(c1ccc2[nH]c(-c3ccc(Cl)c(Cl)c3)cc2c1)N1CCOCC1. The minimum atomic E-state index is -3.52. The molecule has 0 aliphatic carbocycles. The molecule has 26 heavy (non-hydrogen) atoms. The number of morpholine rings is 1. The lowest BCUT2D eigenvalue weighted by atomic mass is 10.1. The summed E-state index contributed by atoms with van der Waals surface area (Å²) in [7, 11) is -3.52. The molecule has 1 aliphatic rings. The van der Waals surface area contributed by atoms with Crippen LogP contribution < -0.4 is 0 Å². The Kier molecular flexibility index (Phi) is 4.71. The highest BCUT2D eigenvalue weighted by atomic mass is 35.5. The minimum Gasteiger partial charge on any atom is -0.379 e. The maximum absolute atomic E-state index is 12.8. The van der Waals surface area contributed by atoms with Crippen LogP contribution in [0.5, 0.6) is 0 Å². The van der Waals surface area contributed by atoms with Gasteiger partial charge in [-0.1, -0.05) is 29.3 Å². The van der Waals surface area contributed by atoms with Gasteiger partial charge in [0, 0.05) is 29.7 Å². The number of sulfonamides is 1. The van der Waals surface area contributed by atoms with Crippen molar-refractivity contribution < 1.29 is 13.2 Å². The zero-order valence-corrected chi connectivity index (χ0v) is 16.0. The molecule has 0 unspecified atom stereocenters. The highest BCUT2D eigenvalue weighted by Gasteiger charge is 2.26. The van der Waals surface area contributed by atoms with Crippen LogP contribution in [0.3, 0.4) is 0 Å². The van der Waals surface area contributed by atoms with Gasteiger partial charge in [0.2, 0.25) is 10.0 Å². The van der Waals surface area contributed by atoms with E-state index >= 15 is 0 Å². The molecule has 5 nitrogen and oxygen atoms in total. The van der Waals surface area contributed by atoms with Crippen molar-refractivity contribution in [1.29, 1.82) is 0 Å². The van der Waals surface area contributed by atoms with E-state index in [9.17, 15) is 8.42 Å². The molecule has 2 heterocycles. The highest BCUT2D eigenvalue weighted by Crippen LogP contribution is 2.31. The van der Waals surface area contributed by atoms with Crippen molar-refractivity contribution in [2.45, 2.75) is 4.90 Å². The van der Waals surface area contributed by atoms with Gasteiger partial charge in [-0.05, 0) is 42.0 Å². The van der Waals surface area contributed by atoms with E-state index in [2.05, 4.69) is 4.98 Å². The molecular formula is C18H16Cl2N2O3S. The summed E-state index contributed by atoms with van der Waals surface area (Å²) < 4.78 is 32.3. The second-order valence-electron chi connectivity index (χ2n) is 6.08. The van der Waals surface area contributed by atoms with Crippen molar-refractivity contribution in [2.75, 3.05) is 26.3 Å². The quantitative estimate of drug-likeness (QED) is 0.704. The predicted octanol–water partition coefficient (Wildman–Crippen LogP) is 4.16. The summed E-state index contributed by atoms with van der Waals surface area (Å²) in [6.45, 7) is 1.60. The first kappa shape index (κ1) is 17.8. The van der Waals surface area contributed by atoms with Crippen LogP contribution in [0.2, 0.25) is 10.0 Å². The van der Waals surface area contributed by atoms with Crippen LogP contribution in [0.4, 0.5) is 0 Å². The van der Waals surface area contributed by atoms with Gasteiger partial charge in [-0.3, -0.25) is 0 Å². The van der Waals surface area contributed by atoms with Crippen LogP contribution in [-0.2, 0) is 14.8 Å². The number of hydrogen-bond donors (Lipinski definition) is 1. The lowest BCUT2D eigenvalue weighted by molar-refractivity contribution is 0.0730. The molecule has 0 spiro atoms. The van der Waals surface area contributed by atoms with Gasteiger partial charge in [0.05, 0.1) is 28.2 Å². The zero-order valence-electron chi connectivity index (χ0n) is 13.7. The number of hydrogen-bond acceptors (Lipinski definition) is 3. The molecule has 136 valence electrons. The second kappa shape index (κ2) is 6.87. The number of aromatic nitrogens is 1. The number of H-pyrrole nitrogens is 1. The summed E-state index contributed by atoms with van der Waals surface area (Å²) in [5.41, 5.74) is 2.58. The number of nitrogens with zero attached hydrogens (tertiary/aromatic N) is 1. The average molecular weight is 411 g/mol. The van der Waals surface area contributed by atoms with Crippen LogP contribution in [0.1, 0.15) is 0 Å². The van der Waals surface area contributed by atoms with E-state index in [0.717, 1.165) is 22.2 Å². The molecular weight excluding hydrogens is 395 g/mol. The third-order valence-electron chi connectivity index (χ3n) is 4.43. The van der Waals surface area contributed by atoms with E-state index in [1.54, 1.807) is 30.3 Å². The predicted molar refractivity (Wildman–Crippen MR) is 103 cm³/mol. The molecule has 0 amide bonds. The van der Waals surface area contributed by atoms with Crippen LogP contribution in [-0.4, -0.2) is 44.0 Å². The molecule has 0 saturated carbocycles. The fourth-order valence-electron chi connectivity index (χ4n) is 3.03. The van der Waals surface area contributed by atoms with E-state index in [-0.39, 0.29) is 4.90 Å². The van der Waals surface area contributed by atoms with Gasteiger partial charge in [0.25, 0.3) is 0 Å². The fourth-order valence-corrected chi connectivity index (χ4v) is 4.77. The Balaban J connectivity index is 1.72. The molecule has 1 aliphatic heterocycles. The molecule has 0 radical (unpaired) electrons. The summed E-state index contributed by atoms with van der Waals surface area (Å²) in [4.78, 5) is 3.57. The molecule has 0 atom stereocenters. The van der Waals surface area contributed by atoms with E-state index in [1.165, 1.54) is 4.31 Å². The van der Waals surface area contributed by atoms with E-state index in [1.807, 2.05) is 12.1 Å². The first-order valence-corrected chi connectivity index (χ1v) is 10.3. The molecule has 1 aromatic heterocycles. The van der Waals surface area contributed by atoms with Gasteiger partial charge in [-0.25, -0.2) is 8.42 Å². The van der Waals surface area contributed by atoms with Crippen molar-refractivity contribution in [2.24, 2.45) is 0 Å². The third kappa shape index (κ3) is 3.23. The summed E-state index contributed by atoms with van der Waals surface area (Å²) >= 11 is 12.1. The van der Waals surface area contributed by atoms with Crippen molar-refractivity contribution in [3.63, 3.8) is 0 Å². The Morgan fingerprint density at radius 2 is 1.73 bits per heavy atom. The Morgan fingerprint density at radius 3 is 2.46 bits per heavy atom. The van der Waals surface area contributed by atoms with Crippen molar-refractivity contribution >= 4 is 44.1 Å². The molecule has 8 heteroatoms. The van der Waals surface area contributed by atoms with Gasteiger partial charge in [0.1, 0.15) is 0 Å². The normalized spacial score (nSPS) is 16.2. The highest BCUT2D eigenvalue weighted by molar-refractivity contribution is 7.89. The monoisotopic (exact) mass is 410 g/mol. The lowest BCUT2D eigenvalue weighted by Gasteiger charge is -2.26. The Labute approximate surface area is 161 Å². The van der Waals surface area contributed by atoms with E-state index in [4.69, 9.17) is 27.9 Å². The molecule has 1 fully saturated rings. The molecule has 4 rings (SSSR count). The van der Waals surface area contributed by atoms with Gasteiger partial charge >= 0.3 is 0 Å². The van der Waals surface area contributed by atoms with Crippen molar-refractivity contribution in [1.82, 2.24) is 9.29 Å². The number of ether oxygens (including phenoxy) is 1. The summed E-state index contributed by atoms with van der Waals surface area (Å²) in [5.74, 6) is 0. The van der Waals surface area contributed by atoms with Crippen molar-refractivity contribution in [3.8, 4) is 11.3 Å². The smallest absolute Gasteiger partial charge is 0.243 e. The van der Waals surface area contributed by atoms with Gasteiger partial charge in [-0.2, -0.15) is 4.31 Å². The summed E-state index contributed by atoms with van der Waals surface area (Å²) in [6.07, 6.45) is 0. The Morgan fingerprint density at radius 1 is 0.962 bits per heavy atom. The Hall–Kier alpha value is -1.57. The molecule has 2 aromatic carbocycles. The van der Waals surface area contributed by atoms with E-state index in [0.29, 0.717) is 36.3 Å². The summed E-state index contributed by atoms with van der Waals surface area (Å²) in [5, 5.41) is 1.78. The Bertz CT molecular complexity index is 1070. The van der Waals surface area contributed by atoms with Crippen LogP contribution in [0, 0.1) is 0 Å². The number of nitrogens with one attached hydrogen (secondary N) is 1. The topological polar surface area (TPSA) is 62.4 Å². The molecule has 0 bridgehead atoms. The van der Waals surface area contributed by atoms with Crippen LogP contribution >= 0.6 is 23.2 Å². The van der Waals surface area contributed by atoms with Crippen LogP contribution in [0.15, 0.2) is 47.4 Å². The third-order valence-corrected chi connectivity index (χ3v) is 7.06. The number of aromatic amines is 1. The lowest BCUT2D eigenvalue weighted by Crippen LogP contribution is -2.40. The maximum Gasteiger partial charge on any atom is 0.243 e. The standard InChI is InChI=1S/C18H16Cl2N2O3S/c19-15-3-1-12(10-16(15)20)18-11-13-9-14(2-4-17(13)21-18)26(23,24)22-5-7-25-8-6-22/h1-4,9-11,21H,5-8H2. The number of halogens is 2. The van der Waals surface area contributed by atoms with Gasteiger partial charge in [-0.15, -0.1) is 0 Å². The van der Waals surface area contributed by atoms with Crippen LogP contribution in [0.25, 0.3) is 22.2 Å². The minimum absolute atomic E-state index is 0.284. The number of benzene rings is 2. The van der Waals surface area contributed by atoms with Gasteiger partial charge < -0.3 is 9.72 Å². The average Bonchev–Trinajstić information content (AvgIpc) is 3.08. The van der Waals surface area contributed by atoms with Crippen molar-refractivity contribution in [3.05, 3.63) is 52.5 Å².